The van der Waals surface area contributed by atoms with Crippen molar-refractivity contribution in [2.45, 2.75) is 25.2 Å². The molecule has 8 heteroatoms. The fourth-order valence-corrected chi connectivity index (χ4v) is 3.52. The summed E-state index contributed by atoms with van der Waals surface area (Å²) >= 11 is 1.43. The third-order valence-electron chi connectivity index (χ3n) is 3.54. The lowest BCUT2D eigenvalue weighted by molar-refractivity contribution is -0.140. The van der Waals surface area contributed by atoms with E-state index in [1.165, 1.54) is 23.5 Å². The first-order valence-corrected chi connectivity index (χ1v) is 9.97. The third-order valence-corrected chi connectivity index (χ3v) is 5.70. The van der Waals surface area contributed by atoms with Crippen LogP contribution in [0.4, 0.5) is 0 Å². The minimum Gasteiger partial charge on any atom is -0.481 e. The number of aryl methyl sites for hydroxylation is 1. The molecule has 0 saturated heterocycles. The first-order chi connectivity index (χ1) is 11.8. The van der Waals surface area contributed by atoms with E-state index < -0.39 is 21.9 Å². The second kappa shape index (κ2) is 8.28. The molecule has 2 rings (SSSR count). The SMILES string of the molecule is Cc1ccc(S(=O)(=O)NNC(=CCC(C)C(=O)O)c2cccs2)cc1. The van der Waals surface area contributed by atoms with E-state index in [0.717, 1.165) is 10.4 Å². The molecule has 0 spiro atoms. The molecule has 3 N–H and O–H groups in total. The molecule has 134 valence electrons. The summed E-state index contributed by atoms with van der Waals surface area (Å²) in [5.41, 5.74) is 4.20. The van der Waals surface area contributed by atoms with Crippen LogP contribution in [0.1, 0.15) is 23.8 Å². The number of thiophene rings is 1. The number of carbonyl (C=O) groups is 1. The minimum atomic E-state index is -3.73. The zero-order valence-corrected chi connectivity index (χ0v) is 15.5. The number of carboxylic acid groups (broad SMARTS) is 1. The van der Waals surface area contributed by atoms with E-state index in [1.807, 2.05) is 24.4 Å². The zero-order valence-electron chi connectivity index (χ0n) is 13.9. The predicted octanol–water partition coefficient (Wildman–Crippen LogP) is 2.99. The minimum absolute atomic E-state index is 0.148. The van der Waals surface area contributed by atoms with Crippen molar-refractivity contribution in [3.05, 3.63) is 58.3 Å². The maximum atomic E-state index is 12.4. The van der Waals surface area contributed by atoms with E-state index in [0.29, 0.717) is 5.70 Å². The molecule has 0 saturated carbocycles. The van der Waals surface area contributed by atoms with Gasteiger partial charge in [0.1, 0.15) is 0 Å². The number of hydrogen-bond acceptors (Lipinski definition) is 5. The number of hydrogen-bond donors (Lipinski definition) is 3. The molecule has 1 heterocycles. The maximum Gasteiger partial charge on any atom is 0.306 e. The Kier molecular flexibility index (Phi) is 6.35. The summed E-state index contributed by atoms with van der Waals surface area (Å²) in [5, 5.41) is 10.9. The van der Waals surface area contributed by atoms with Gasteiger partial charge in [-0.15, -0.1) is 16.2 Å². The molecule has 0 aliphatic heterocycles. The standard InChI is InChI=1S/C17H20N2O4S2/c1-12-5-8-14(9-6-12)25(22,23)19-18-15(16-4-3-11-24-16)10-7-13(2)17(20)21/h3-6,8-11,13,18-19H,7H2,1-2H3,(H,20,21). The second-order valence-corrected chi connectivity index (χ2v) is 8.24. The number of benzene rings is 1. The third kappa shape index (κ3) is 5.42. The van der Waals surface area contributed by atoms with Gasteiger partial charge in [-0.2, -0.15) is 0 Å². The molecule has 1 unspecified atom stereocenters. The molecule has 1 atom stereocenters. The van der Waals surface area contributed by atoms with Gasteiger partial charge in [-0.3, -0.25) is 4.79 Å². The molecule has 0 fully saturated rings. The van der Waals surface area contributed by atoms with Crippen LogP contribution in [0, 0.1) is 12.8 Å². The molecule has 0 bridgehead atoms. The van der Waals surface area contributed by atoms with Gasteiger partial charge in [-0.05, 0) is 36.9 Å². The van der Waals surface area contributed by atoms with Crippen molar-refractivity contribution in [1.82, 2.24) is 10.3 Å². The molecule has 0 aliphatic carbocycles. The Hall–Kier alpha value is -2.16. The van der Waals surface area contributed by atoms with E-state index in [9.17, 15) is 13.2 Å². The number of rotatable bonds is 8. The van der Waals surface area contributed by atoms with Crippen LogP contribution in [-0.4, -0.2) is 19.5 Å². The molecule has 25 heavy (non-hydrogen) atoms. The molecule has 0 aliphatic rings. The Morgan fingerprint density at radius 3 is 2.52 bits per heavy atom. The van der Waals surface area contributed by atoms with E-state index >= 15 is 0 Å². The topological polar surface area (TPSA) is 95.5 Å². The lowest BCUT2D eigenvalue weighted by atomic mass is 10.1. The number of allylic oxidation sites excluding steroid dienone is 1. The quantitative estimate of drug-likeness (QED) is 0.612. The van der Waals surface area contributed by atoms with Crippen molar-refractivity contribution >= 4 is 33.0 Å². The Balaban J connectivity index is 2.15. The van der Waals surface area contributed by atoms with Gasteiger partial charge in [0.25, 0.3) is 10.0 Å². The van der Waals surface area contributed by atoms with Gasteiger partial charge in [0, 0.05) is 0 Å². The average molecular weight is 380 g/mol. The second-order valence-electron chi connectivity index (χ2n) is 5.61. The summed E-state index contributed by atoms with van der Waals surface area (Å²) in [6.07, 6.45) is 1.96. The maximum absolute atomic E-state index is 12.4. The zero-order chi connectivity index (χ0) is 18.4. The monoisotopic (exact) mass is 380 g/mol. The van der Waals surface area contributed by atoms with Gasteiger partial charge in [-0.25, -0.2) is 8.42 Å². The van der Waals surface area contributed by atoms with Crippen molar-refractivity contribution in [3.63, 3.8) is 0 Å². The van der Waals surface area contributed by atoms with Crippen LogP contribution in [0.2, 0.25) is 0 Å². The fraction of sp³-hybridized carbons (Fsp3) is 0.235. The highest BCUT2D eigenvalue weighted by Crippen LogP contribution is 2.20. The average Bonchev–Trinajstić information content (AvgIpc) is 3.09. The molecule has 2 aromatic rings. The van der Waals surface area contributed by atoms with Crippen LogP contribution in [0.3, 0.4) is 0 Å². The number of sulfonamides is 1. The Bertz CT molecular complexity index is 841. The lowest BCUT2D eigenvalue weighted by Gasteiger charge is -2.13. The lowest BCUT2D eigenvalue weighted by Crippen LogP contribution is -2.36. The van der Waals surface area contributed by atoms with Gasteiger partial charge in [0.15, 0.2) is 0 Å². The van der Waals surface area contributed by atoms with E-state index in [1.54, 1.807) is 25.1 Å². The molecular formula is C17H20N2O4S2. The Labute approximate surface area is 151 Å². The highest BCUT2D eigenvalue weighted by Gasteiger charge is 2.15. The van der Waals surface area contributed by atoms with Crippen molar-refractivity contribution in [2.24, 2.45) is 5.92 Å². The molecule has 1 aromatic carbocycles. The first kappa shape index (κ1) is 19.2. The van der Waals surface area contributed by atoms with Crippen LogP contribution in [0.25, 0.3) is 5.70 Å². The summed E-state index contributed by atoms with van der Waals surface area (Å²) in [5.74, 6) is -1.47. The number of nitrogens with one attached hydrogen (secondary N) is 2. The van der Waals surface area contributed by atoms with E-state index in [4.69, 9.17) is 5.11 Å². The van der Waals surface area contributed by atoms with Crippen LogP contribution in [0.15, 0.2) is 52.7 Å². The van der Waals surface area contributed by atoms with Crippen LogP contribution in [0.5, 0.6) is 0 Å². The van der Waals surface area contributed by atoms with Gasteiger partial charge in [0.05, 0.1) is 21.4 Å². The predicted molar refractivity (Wildman–Crippen MR) is 98.3 cm³/mol. The summed E-state index contributed by atoms with van der Waals surface area (Å²) in [6, 6.07) is 10.2. The molecular weight excluding hydrogens is 360 g/mol. The molecule has 1 aromatic heterocycles. The Morgan fingerprint density at radius 1 is 1.28 bits per heavy atom. The Morgan fingerprint density at radius 2 is 1.96 bits per heavy atom. The summed E-state index contributed by atoms with van der Waals surface area (Å²) in [7, 11) is -3.73. The highest BCUT2D eigenvalue weighted by atomic mass is 32.2. The largest absolute Gasteiger partial charge is 0.481 e. The van der Waals surface area contributed by atoms with Gasteiger partial charge in [0.2, 0.25) is 0 Å². The van der Waals surface area contributed by atoms with Gasteiger partial charge < -0.3 is 10.5 Å². The first-order valence-electron chi connectivity index (χ1n) is 7.61. The number of carboxylic acids is 1. The van der Waals surface area contributed by atoms with Crippen LogP contribution < -0.4 is 10.3 Å². The normalized spacial score (nSPS) is 13.4. The molecule has 0 amide bonds. The smallest absolute Gasteiger partial charge is 0.306 e. The van der Waals surface area contributed by atoms with Crippen molar-refractivity contribution < 1.29 is 18.3 Å². The van der Waals surface area contributed by atoms with E-state index in [-0.39, 0.29) is 11.3 Å². The molecule has 0 radical (unpaired) electrons. The van der Waals surface area contributed by atoms with Crippen molar-refractivity contribution in [2.75, 3.05) is 0 Å². The number of hydrazine groups is 1. The summed E-state index contributed by atoms with van der Waals surface area (Å²) < 4.78 is 24.7. The van der Waals surface area contributed by atoms with Crippen molar-refractivity contribution in [1.29, 1.82) is 0 Å². The highest BCUT2D eigenvalue weighted by molar-refractivity contribution is 7.89. The number of aliphatic carboxylic acids is 1. The van der Waals surface area contributed by atoms with Crippen molar-refractivity contribution in [3.8, 4) is 0 Å². The summed E-state index contributed by atoms with van der Waals surface area (Å²) in [6.45, 7) is 3.48. The van der Waals surface area contributed by atoms with Crippen LogP contribution >= 0.6 is 11.3 Å². The molecule has 6 nitrogen and oxygen atoms in total. The van der Waals surface area contributed by atoms with Gasteiger partial charge in [-0.1, -0.05) is 36.8 Å². The summed E-state index contributed by atoms with van der Waals surface area (Å²) in [4.78, 5) is 14.3. The van der Waals surface area contributed by atoms with Gasteiger partial charge >= 0.3 is 5.97 Å². The van der Waals surface area contributed by atoms with Crippen LogP contribution in [-0.2, 0) is 14.8 Å². The van der Waals surface area contributed by atoms with E-state index in [2.05, 4.69) is 10.3 Å². The fourth-order valence-electron chi connectivity index (χ4n) is 1.94.